The molecule has 0 saturated heterocycles. The normalized spacial score (nSPS) is 13.7. The second-order valence-electron chi connectivity index (χ2n) is 10.6. The summed E-state index contributed by atoms with van der Waals surface area (Å²) in [6.07, 6.45) is -0.158. The Morgan fingerprint density at radius 2 is 1.71 bits per heavy atom. The number of carbonyl (C=O) groups excluding carboxylic acids is 4. The van der Waals surface area contributed by atoms with E-state index in [4.69, 9.17) is 9.47 Å². The molecule has 3 atom stereocenters. The van der Waals surface area contributed by atoms with E-state index in [0.29, 0.717) is 17.5 Å². The molecule has 1 aromatic carbocycles. The number of aryl methyl sites for hydroxylation is 1. The Morgan fingerprint density at radius 1 is 1.08 bits per heavy atom. The predicted molar refractivity (Wildman–Crippen MR) is 144 cm³/mol. The fraction of sp³-hybridized carbons (Fsp3) is 0.643. The third-order valence-electron chi connectivity index (χ3n) is 5.96. The van der Waals surface area contributed by atoms with Crippen LogP contribution in [0, 0.1) is 12.8 Å². The fourth-order valence-corrected chi connectivity index (χ4v) is 3.86. The van der Waals surface area contributed by atoms with Crippen LogP contribution in [0.4, 0.5) is 4.79 Å². The third kappa shape index (κ3) is 9.87. The molecule has 1 aromatic rings. The van der Waals surface area contributed by atoms with Gasteiger partial charge in [0.25, 0.3) is 0 Å². The molecule has 0 aromatic heterocycles. The van der Waals surface area contributed by atoms with Crippen molar-refractivity contribution in [2.45, 2.75) is 98.9 Å². The van der Waals surface area contributed by atoms with Crippen LogP contribution >= 0.6 is 0 Å². The molecule has 10 nitrogen and oxygen atoms in total. The number of esters is 1. The summed E-state index contributed by atoms with van der Waals surface area (Å²) in [7, 11) is 0. The van der Waals surface area contributed by atoms with Gasteiger partial charge < -0.3 is 30.1 Å². The van der Waals surface area contributed by atoms with E-state index in [-0.39, 0.29) is 31.2 Å². The van der Waals surface area contributed by atoms with Gasteiger partial charge in [0.1, 0.15) is 23.4 Å². The largest absolute Gasteiger partial charge is 0.508 e. The summed E-state index contributed by atoms with van der Waals surface area (Å²) in [6, 6.07) is 2.22. The van der Waals surface area contributed by atoms with Crippen molar-refractivity contribution in [2.75, 3.05) is 13.2 Å². The van der Waals surface area contributed by atoms with Gasteiger partial charge >= 0.3 is 12.1 Å². The van der Waals surface area contributed by atoms with Crippen LogP contribution in [0.15, 0.2) is 18.2 Å². The summed E-state index contributed by atoms with van der Waals surface area (Å²) in [6.45, 7) is 16.2. The maximum absolute atomic E-state index is 14.1. The lowest BCUT2D eigenvalue weighted by Gasteiger charge is -2.38. The Bertz CT molecular complexity index is 972. The van der Waals surface area contributed by atoms with Crippen LogP contribution in [-0.4, -0.2) is 64.7 Å². The molecule has 0 aliphatic heterocycles. The standard InChI is InChI=1S/C28H45N3O7/c1-10-18(5)23(30-27(36)38-28(7,8)9)26(35)31(17(3)4)24(20-12-13-21(32)19(6)16-20)25(34)29-15-14-22(33)37-11-2/h12-13,16-18,23-24,32H,10-11,14-15H2,1-9H3,(H,29,34)(H,30,36). The minimum atomic E-state index is -1.09. The Balaban J connectivity index is 3.46. The number of amides is 3. The van der Waals surface area contributed by atoms with Crippen molar-refractivity contribution < 1.29 is 33.8 Å². The van der Waals surface area contributed by atoms with E-state index >= 15 is 0 Å². The number of hydrogen-bond donors (Lipinski definition) is 3. The van der Waals surface area contributed by atoms with Crippen molar-refractivity contribution >= 4 is 23.9 Å². The van der Waals surface area contributed by atoms with E-state index in [1.54, 1.807) is 60.6 Å². The van der Waals surface area contributed by atoms with Crippen molar-refractivity contribution in [1.82, 2.24) is 15.5 Å². The Hall–Kier alpha value is -3.30. The first-order valence-corrected chi connectivity index (χ1v) is 13.2. The number of phenolic OH excluding ortho intramolecular Hbond substituents is 1. The van der Waals surface area contributed by atoms with Crippen LogP contribution in [0.2, 0.25) is 0 Å². The van der Waals surface area contributed by atoms with Crippen LogP contribution in [0.3, 0.4) is 0 Å². The maximum Gasteiger partial charge on any atom is 0.408 e. The van der Waals surface area contributed by atoms with Gasteiger partial charge in [-0.25, -0.2) is 4.79 Å². The van der Waals surface area contributed by atoms with Crippen molar-refractivity contribution in [3.63, 3.8) is 0 Å². The highest BCUT2D eigenvalue weighted by Gasteiger charge is 2.39. The third-order valence-corrected chi connectivity index (χ3v) is 5.96. The average molecular weight is 536 g/mol. The van der Waals surface area contributed by atoms with Crippen LogP contribution in [-0.2, 0) is 23.9 Å². The van der Waals surface area contributed by atoms with Gasteiger partial charge in [-0.05, 0) is 77.6 Å². The minimum absolute atomic E-state index is 0.0216. The molecule has 0 aliphatic carbocycles. The number of nitrogens with one attached hydrogen (secondary N) is 2. The molecule has 0 bridgehead atoms. The summed E-state index contributed by atoms with van der Waals surface area (Å²) < 4.78 is 10.3. The number of aromatic hydroxyl groups is 1. The fourth-order valence-electron chi connectivity index (χ4n) is 3.86. The van der Waals surface area contributed by atoms with Gasteiger partial charge in [0, 0.05) is 12.6 Å². The molecule has 3 N–H and O–H groups in total. The SMILES string of the molecule is CCOC(=O)CCNC(=O)C(c1ccc(O)c(C)c1)N(C(=O)C(NC(=O)OC(C)(C)C)C(C)CC)C(C)C. The number of benzene rings is 1. The zero-order valence-electron chi connectivity index (χ0n) is 24.2. The van der Waals surface area contributed by atoms with Gasteiger partial charge in [0.05, 0.1) is 13.0 Å². The molecule has 38 heavy (non-hydrogen) atoms. The highest BCUT2D eigenvalue weighted by Crippen LogP contribution is 2.29. The number of rotatable bonds is 12. The molecular formula is C28H45N3O7. The van der Waals surface area contributed by atoms with Crippen molar-refractivity contribution in [1.29, 1.82) is 0 Å². The predicted octanol–water partition coefficient (Wildman–Crippen LogP) is 3.99. The summed E-state index contributed by atoms with van der Waals surface area (Å²) in [5.41, 5.74) is 0.264. The zero-order chi connectivity index (χ0) is 29.2. The first-order valence-electron chi connectivity index (χ1n) is 13.2. The Morgan fingerprint density at radius 3 is 2.21 bits per heavy atom. The smallest absolute Gasteiger partial charge is 0.408 e. The zero-order valence-corrected chi connectivity index (χ0v) is 24.2. The molecule has 3 unspecified atom stereocenters. The molecule has 10 heteroatoms. The lowest BCUT2D eigenvalue weighted by atomic mass is 9.94. The number of hydrogen-bond acceptors (Lipinski definition) is 7. The molecule has 214 valence electrons. The molecule has 0 spiro atoms. The average Bonchev–Trinajstić information content (AvgIpc) is 2.80. The molecule has 3 amide bonds. The minimum Gasteiger partial charge on any atom is -0.508 e. The maximum atomic E-state index is 14.1. The van der Waals surface area contributed by atoms with Gasteiger partial charge in [-0.15, -0.1) is 0 Å². The molecule has 0 radical (unpaired) electrons. The monoisotopic (exact) mass is 535 g/mol. The number of nitrogens with zero attached hydrogens (tertiary/aromatic N) is 1. The van der Waals surface area contributed by atoms with E-state index in [0.717, 1.165) is 0 Å². The van der Waals surface area contributed by atoms with Gasteiger partial charge in [0.15, 0.2) is 0 Å². The number of alkyl carbamates (subject to hydrolysis) is 1. The topological polar surface area (TPSA) is 134 Å². The molecule has 0 fully saturated rings. The quantitative estimate of drug-likeness (QED) is 0.345. The molecule has 0 heterocycles. The van der Waals surface area contributed by atoms with E-state index in [1.807, 2.05) is 13.8 Å². The number of ether oxygens (including phenoxy) is 2. The Labute approximate surface area is 226 Å². The van der Waals surface area contributed by atoms with Gasteiger partial charge in [-0.3, -0.25) is 14.4 Å². The summed E-state index contributed by atoms with van der Waals surface area (Å²) >= 11 is 0. The Kier molecular flexibility index (Phi) is 12.6. The van der Waals surface area contributed by atoms with Gasteiger partial charge in [0.2, 0.25) is 11.8 Å². The second-order valence-corrected chi connectivity index (χ2v) is 10.6. The number of phenols is 1. The van der Waals surface area contributed by atoms with Crippen LogP contribution < -0.4 is 10.6 Å². The van der Waals surface area contributed by atoms with Gasteiger partial charge in [-0.1, -0.05) is 26.3 Å². The molecule has 1 rings (SSSR count). The highest BCUT2D eigenvalue weighted by atomic mass is 16.6. The summed E-state index contributed by atoms with van der Waals surface area (Å²) in [5, 5.41) is 15.5. The lowest BCUT2D eigenvalue weighted by molar-refractivity contribution is -0.146. The van der Waals surface area contributed by atoms with E-state index in [1.165, 1.54) is 11.0 Å². The summed E-state index contributed by atoms with van der Waals surface area (Å²) in [4.78, 5) is 53.5. The van der Waals surface area contributed by atoms with E-state index in [9.17, 15) is 24.3 Å². The summed E-state index contributed by atoms with van der Waals surface area (Å²) in [5.74, 6) is -1.59. The first kappa shape index (κ1) is 32.7. The lowest BCUT2D eigenvalue weighted by Crippen LogP contribution is -2.57. The first-order chi connectivity index (χ1) is 17.6. The molecular weight excluding hydrogens is 490 g/mol. The van der Waals surface area contributed by atoms with E-state index in [2.05, 4.69) is 10.6 Å². The second kappa shape index (κ2) is 14.6. The number of carbonyl (C=O) groups is 4. The van der Waals surface area contributed by atoms with E-state index < -0.39 is 47.6 Å². The van der Waals surface area contributed by atoms with Crippen molar-refractivity contribution in [3.8, 4) is 5.75 Å². The highest BCUT2D eigenvalue weighted by molar-refractivity contribution is 5.92. The van der Waals surface area contributed by atoms with Crippen LogP contribution in [0.1, 0.15) is 85.4 Å². The molecule has 0 saturated carbocycles. The van der Waals surface area contributed by atoms with Crippen molar-refractivity contribution in [3.05, 3.63) is 29.3 Å². The van der Waals surface area contributed by atoms with Crippen LogP contribution in [0.25, 0.3) is 0 Å². The van der Waals surface area contributed by atoms with Gasteiger partial charge in [-0.2, -0.15) is 0 Å². The van der Waals surface area contributed by atoms with Crippen LogP contribution in [0.5, 0.6) is 5.75 Å². The molecule has 0 aliphatic rings. The van der Waals surface area contributed by atoms with Crippen molar-refractivity contribution in [2.24, 2.45) is 5.92 Å².